The Bertz CT molecular complexity index is 1470. The molecule has 1 aliphatic carbocycles. The van der Waals surface area contributed by atoms with Crippen molar-refractivity contribution in [3.05, 3.63) is 64.4 Å². The summed E-state index contributed by atoms with van der Waals surface area (Å²) in [7, 11) is 0. The normalized spacial score (nSPS) is 14.0. The lowest BCUT2D eigenvalue weighted by atomic mass is 10.2. The van der Waals surface area contributed by atoms with Crippen LogP contribution in [0.1, 0.15) is 37.7 Å². The first kappa shape index (κ1) is 23.1. The van der Waals surface area contributed by atoms with Crippen molar-refractivity contribution in [3.63, 3.8) is 0 Å². The molecule has 10 heteroatoms. The maximum Gasteiger partial charge on any atom is 0.321 e. The molecule has 5 rings (SSSR count). The van der Waals surface area contributed by atoms with E-state index >= 15 is 0 Å². The molecule has 4 aromatic rings. The number of thioether (sulfide) groups is 1. The Labute approximate surface area is 205 Å². The quantitative estimate of drug-likeness (QED) is 0.400. The maximum atomic E-state index is 13.4. The van der Waals surface area contributed by atoms with Crippen molar-refractivity contribution in [3.8, 4) is 5.69 Å². The van der Waals surface area contributed by atoms with Crippen LogP contribution in [-0.4, -0.2) is 42.9 Å². The monoisotopic (exact) mass is 490 g/mol. The van der Waals surface area contributed by atoms with Crippen LogP contribution in [0.5, 0.6) is 0 Å². The minimum absolute atomic E-state index is 0.146. The summed E-state index contributed by atoms with van der Waals surface area (Å²) < 4.78 is 3.42. The zero-order valence-electron chi connectivity index (χ0n) is 19.4. The number of para-hydroxylation sites is 2. The summed E-state index contributed by atoms with van der Waals surface area (Å²) in [6, 6.07) is 14.7. The Hall–Kier alpha value is -3.66. The second-order valence-corrected chi connectivity index (χ2v) is 9.73. The molecule has 0 spiro atoms. The molecule has 1 fully saturated rings. The first-order chi connectivity index (χ1) is 17.0. The van der Waals surface area contributed by atoms with Gasteiger partial charge < -0.3 is 5.32 Å². The first-order valence-corrected chi connectivity index (χ1v) is 12.7. The van der Waals surface area contributed by atoms with Crippen molar-refractivity contribution in [1.82, 2.24) is 29.8 Å². The second-order valence-electron chi connectivity index (χ2n) is 8.66. The molecular weight excluding hydrogens is 464 g/mol. The van der Waals surface area contributed by atoms with Crippen LogP contribution in [0.15, 0.2) is 58.5 Å². The number of urea groups is 1. The van der Waals surface area contributed by atoms with Crippen LogP contribution in [0.3, 0.4) is 0 Å². The van der Waals surface area contributed by atoms with Gasteiger partial charge in [0, 0.05) is 18.2 Å². The van der Waals surface area contributed by atoms with Gasteiger partial charge in [-0.15, -0.1) is 10.2 Å². The Balaban J connectivity index is 1.39. The van der Waals surface area contributed by atoms with E-state index in [0.29, 0.717) is 27.6 Å². The van der Waals surface area contributed by atoms with E-state index in [0.717, 1.165) is 36.9 Å². The molecule has 0 aliphatic heterocycles. The minimum atomic E-state index is -0.437. The van der Waals surface area contributed by atoms with Gasteiger partial charge in [0.05, 0.1) is 16.6 Å². The molecule has 180 valence electrons. The molecule has 2 N–H and O–H groups in total. The summed E-state index contributed by atoms with van der Waals surface area (Å²) in [5.74, 6) is 0.468. The van der Waals surface area contributed by atoms with Crippen LogP contribution in [0.2, 0.25) is 0 Å². The third-order valence-electron chi connectivity index (χ3n) is 6.25. The van der Waals surface area contributed by atoms with Crippen LogP contribution in [-0.2, 0) is 4.79 Å². The molecule has 0 radical (unpaired) electrons. The summed E-state index contributed by atoms with van der Waals surface area (Å²) in [6.07, 6.45) is 4.27. The molecule has 0 unspecified atom stereocenters. The number of aromatic nitrogens is 4. The van der Waals surface area contributed by atoms with Gasteiger partial charge in [-0.1, -0.05) is 54.9 Å². The van der Waals surface area contributed by atoms with E-state index in [-0.39, 0.29) is 23.9 Å². The average Bonchev–Trinajstić information content (AvgIpc) is 3.50. The fourth-order valence-electron chi connectivity index (χ4n) is 4.52. The Morgan fingerprint density at radius 2 is 1.80 bits per heavy atom. The standard InChI is InChI=1S/C25H26N6O3S/c1-16-8-2-6-12-19(16)30-22(33)18-11-5-7-13-20(18)31-24(30)28-29-25(31)35-15-14-21(32)27-23(34)26-17-9-3-4-10-17/h2,5-8,11-13,17H,3-4,9-10,14-15H2,1H3,(H2,26,27,32,34). The number of carbonyl (C=O) groups is 2. The first-order valence-electron chi connectivity index (χ1n) is 11.7. The van der Waals surface area contributed by atoms with Crippen molar-refractivity contribution in [2.24, 2.45) is 0 Å². The van der Waals surface area contributed by atoms with Gasteiger partial charge in [0.1, 0.15) is 0 Å². The van der Waals surface area contributed by atoms with Crippen LogP contribution < -0.4 is 16.2 Å². The second kappa shape index (κ2) is 9.91. The fraction of sp³-hybridized carbons (Fsp3) is 0.320. The summed E-state index contributed by atoms with van der Waals surface area (Å²) in [4.78, 5) is 37.7. The van der Waals surface area contributed by atoms with Gasteiger partial charge in [-0.2, -0.15) is 0 Å². The van der Waals surface area contributed by atoms with Gasteiger partial charge in [0.15, 0.2) is 5.16 Å². The number of nitrogens with zero attached hydrogens (tertiary/aromatic N) is 4. The molecule has 1 saturated carbocycles. The van der Waals surface area contributed by atoms with Gasteiger partial charge in [-0.25, -0.2) is 9.36 Å². The molecule has 0 bridgehead atoms. The number of hydrogen-bond acceptors (Lipinski definition) is 6. The summed E-state index contributed by atoms with van der Waals surface area (Å²) in [6.45, 7) is 1.95. The Morgan fingerprint density at radius 1 is 1.06 bits per heavy atom. The molecule has 2 aromatic carbocycles. The van der Waals surface area contributed by atoms with Crippen LogP contribution in [0.4, 0.5) is 4.79 Å². The van der Waals surface area contributed by atoms with Crippen molar-refractivity contribution >= 4 is 40.4 Å². The van der Waals surface area contributed by atoms with E-state index < -0.39 is 6.03 Å². The molecule has 35 heavy (non-hydrogen) atoms. The lowest BCUT2D eigenvalue weighted by Gasteiger charge is -2.13. The Kier molecular flexibility index (Phi) is 6.54. The van der Waals surface area contributed by atoms with Gasteiger partial charge in [0.25, 0.3) is 5.56 Å². The number of rotatable bonds is 6. The lowest BCUT2D eigenvalue weighted by Crippen LogP contribution is -2.43. The third kappa shape index (κ3) is 4.66. The summed E-state index contributed by atoms with van der Waals surface area (Å²) in [5, 5.41) is 15.1. The highest BCUT2D eigenvalue weighted by molar-refractivity contribution is 7.99. The summed E-state index contributed by atoms with van der Waals surface area (Å²) in [5.41, 5.74) is 2.21. The number of amides is 3. The van der Waals surface area contributed by atoms with Crippen LogP contribution in [0, 0.1) is 6.92 Å². The predicted molar refractivity (Wildman–Crippen MR) is 135 cm³/mol. The number of carbonyl (C=O) groups excluding carboxylic acids is 2. The van der Waals surface area contributed by atoms with Gasteiger partial charge in [-0.3, -0.25) is 19.3 Å². The van der Waals surface area contributed by atoms with Gasteiger partial charge in [-0.05, 0) is 43.5 Å². The van der Waals surface area contributed by atoms with Crippen LogP contribution in [0.25, 0.3) is 22.4 Å². The van der Waals surface area contributed by atoms with E-state index in [1.807, 2.05) is 53.8 Å². The number of aryl methyl sites for hydroxylation is 1. The van der Waals surface area contributed by atoms with Crippen molar-refractivity contribution in [2.75, 3.05) is 5.75 Å². The highest BCUT2D eigenvalue weighted by Gasteiger charge is 2.20. The largest absolute Gasteiger partial charge is 0.335 e. The number of benzene rings is 2. The van der Waals surface area contributed by atoms with E-state index in [9.17, 15) is 14.4 Å². The highest BCUT2D eigenvalue weighted by Crippen LogP contribution is 2.24. The number of nitrogens with one attached hydrogen (secondary N) is 2. The van der Waals surface area contributed by atoms with E-state index in [1.54, 1.807) is 10.6 Å². The van der Waals surface area contributed by atoms with E-state index in [2.05, 4.69) is 20.8 Å². The Morgan fingerprint density at radius 3 is 2.60 bits per heavy atom. The maximum absolute atomic E-state index is 13.4. The fourth-order valence-corrected chi connectivity index (χ4v) is 5.40. The highest BCUT2D eigenvalue weighted by atomic mass is 32.2. The topological polar surface area (TPSA) is 110 Å². The van der Waals surface area contributed by atoms with Crippen LogP contribution >= 0.6 is 11.8 Å². The molecule has 9 nitrogen and oxygen atoms in total. The third-order valence-corrected chi connectivity index (χ3v) is 7.19. The summed E-state index contributed by atoms with van der Waals surface area (Å²) >= 11 is 1.36. The van der Waals surface area contributed by atoms with E-state index in [1.165, 1.54) is 11.8 Å². The van der Waals surface area contributed by atoms with Gasteiger partial charge >= 0.3 is 6.03 Å². The lowest BCUT2D eigenvalue weighted by molar-refractivity contribution is -0.119. The molecule has 1 aliphatic rings. The molecule has 2 aromatic heterocycles. The zero-order valence-corrected chi connectivity index (χ0v) is 20.2. The number of imide groups is 1. The van der Waals surface area contributed by atoms with Crippen molar-refractivity contribution in [2.45, 2.75) is 50.2 Å². The predicted octanol–water partition coefficient (Wildman–Crippen LogP) is 3.59. The molecule has 0 atom stereocenters. The van der Waals surface area contributed by atoms with Crippen molar-refractivity contribution in [1.29, 1.82) is 0 Å². The molecular formula is C25H26N6O3S. The van der Waals surface area contributed by atoms with Gasteiger partial charge in [0.2, 0.25) is 11.7 Å². The smallest absolute Gasteiger partial charge is 0.321 e. The van der Waals surface area contributed by atoms with Crippen molar-refractivity contribution < 1.29 is 9.59 Å². The van der Waals surface area contributed by atoms with E-state index in [4.69, 9.17) is 0 Å². The minimum Gasteiger partial charge on any atom is -0.335 e. The molecule has 0 saturated heterocycles. The SMILES string of the molecule is Cc1ccccc1-n1c(=O)c2ccccc2n2c(SCCC(=O)NC(=O)NC3CCCC3)nnc12. The number of hydrogen-bond donors (Lipinski definition) is 2. The molecule has 2 heterocycles. The molecule has 3 amide bonds. The average molecular weight is 491 g/mol. The zero-order chi connectivity index (χ0) is 24.4. The number of fused-ring (bicyclic) bond motifs is 3.